The molecule has 0 bridgehead atoms. The summed E-state index contributed by atoms with van der Waals surface area (Å²) in [6, 6.07) is 0. The molecular weight excluding hydrogens is 142 g/mol. The third-order valence-corrected chi connectivity index (χ3v) is 1.95. The van der Waals surface area contributed by atoms with Gasteiger partial charge in [0.1, 0.15) is 0 Å². The molecule has 0 radical (unpaired) electrons. The molecule has 1 aliphatic heterocycles. The number of aliphatic hydroxyl groups excluding tert-OH is 1. The van der Waals surface area contributed by atoms with Gasteiger partial charge in [-0.05, 0) is 13.8 Å². The summed E-state index contributed by atoms with van der Waals surface area (Å²) in [6.45, 7) is 6.29. The molecule has 1 rings (SSSR count). The highest BCUT2D eigenvalue weighted by molar-refractivity contribution is 4.79. The van der Waals surface area contributed by atoms with Crippen LogP contribution in [0.5, 0.6) is 0 Å². The number of hydrogen-bond donors (Lipinski definition) is 2. The Kier molecular flexibility index (Phi) is 3.30. The molecule has 1 aliphatic rings. The van der Waals surface area contributed by atoms with Gasteiger partial charge in [0.05, 0.1) is 18.8 Å². The lowest BCUT2D eigenvalue weighted by atomic mass is 10.1. The number of rotatable bonds is 3. The lowest BCUT2D eigenvalue weighted by Crippen LogP contribution is -2.24. The third kappa shape index (κ3) is 2.77. The second-order valence-electron chi connectivity index (χ2n) is 3.37. The summed E-state index contributed by atoms with van der Waals surface area (Å²) in [6.07, 6.45) is 0.0524. The maximum atomic E-state index is 9.36. The van der Waals surface area contributed by atoms with E-state index in [0.717, 1.165) is 6.54 Å². The van der Waals surface area contributed by atoms with Crippen LogP contribution in [0.4, 0.5) is 0 Å². The Labute approximate surface area is 67.7 Å². The van der Waals surface area contributed by atoms with Gasteiger partial charge >= 0.3 is 0 Å². The van der Waals surface area contributed by atoms with E-state index < -0.39 is 0 Å². The van der Waals surface area contributed by atoms with E-state index >= 15 is 0 Å². The van der Waals surface area contributed by atoms with Crippen molar-refractivity contribution in [2.75, 3.05) is 19.7 Å². The molecule has 0 saturated carbocycles. The first-order chi connectivity index (χ1) is 5.20. The summed E-state index contributed by atoms with van der Waals surface area (Å²) in [4.78, 5) is 0. The van der Waals surface area contributed by atoms with Crippen molar-refractivity contribution >= 4 is 0 Å². The Morgan fingerprint density at radius 3 is 2.73 bits per heavy atom. The van der Waals surface area contributed by atoms with Gasteiger partial charge in [-0.1, -0.05) is 0 Å². The average molecular weight is 159 g/mol. The molecule has 0 spiro atoms. The molecule has 0 aromatic rings. The molecule has 0 aliphatic carbocycles. The van der Waals surface area contributed by atoms with Crippen LogP contribution >= 0.6 is 0 Å². The Bertz CT molecular complexity index is 117. The minimum absolute atomic E-state index is 0.214. The predicted octanol–water partition coefficient (Wildman–Crippen LogP) is -0.00830. The molecule has 1 heterocycles. The van der Waals surface area contributed by atoms with Crippen LogP contribution in [0.1, 0.15) is 13.8 Å². The maximum absolute atomic E-state index is 9.36. The molecule has 2 N–H and O–H groups in total. The van der Waals surface area contributed by atoms with Crippen LogP contribution in [0.25, 0.3) is 0 Å². The smallest absolute Gasteiger partial charge is 0.0726 e. The molecule has 0 aromatic heterocycles. The minimum Gasteiger partial charge on any atom is -0.391 e. The van der Waals surface area contributed by atoms with Gasteiger partial charge in [-0.15, -0.1) is 0 Å². The van der Waals surface area contributed by atoms with E-state index in [-0.39, 0.29) is 18.1 Å². The van der Waals surface area contributed by atoms with E-state index in [1.165, 1.54) is 0 Å². The average Bonchev–Trinajstić information content (AvgIpc) is 2.31. The first-order valence-corrected chi connectivity index (χ1v) is 4.20. The van der Waals surface area contributed by atoms with E-state index in [0.29, 0.717) is 13.2 Å². The Hall–Kier alpha value is -0.120. The second kappa shape index (κ2) is 4.04. The van der Waals surface area contributed by atoms with Crippen LogP contribution in [0.3, 0.4) is 0 Å². The van der Waals surface area contributed by atoms with E-state index in [9.17, 15) is 5.11 Å². The number of ether oxygens (including phenoxy) is 1. The van der Waals surface area contributed by atoms with Crippen LogP contribution < -0.4 is 5.32 Å². The zero-order valence-corrected chi connectivity index (χ0v) is 7.21. The number of hydrogen-bond acceptors (Lipinski definition) is 3. The fourth-order valence-corrected chi connectivity index (χ4v) is 1.21. The molecule has 0 aromatic carbocycles. The SMILES string of the molecule is CC(C)OCC1CNCC1O. The number of aliphatic hydroxyl groups is 1. The summed E-state index contributed by atoms with van der Waals surface area (Å²) in [5.41, 5.74) is 0. The summed E-state index contributed by atoms with van der Waals surface area (Å²) >= 11 is 0. The third-order valence-electron chi connectivity index (χ3n) is 1.95. The van der Waals surface area contributed by atoms with Crippen molar-refractivity contribution in [2.24, 2.45) is 5.92 Å². The first-order valence-electron chi connectivity index (χ1n) is 4.20. The molecule has 1 saturated heterocycles. The number of nitrogens with one attached hydrogen (secondary N) is 1. The Morgan fingerprint density at radius 2 is 2.27 bits per heavy atom. The molecule has 3 heteroatoms. The maximum Gasteiger partial charge on any atom is 0.0726 e. The predicted molar refractivity (Wildman–Crippen MR) is 43.5 cm³/mol. The highest BCUT2D eigenvalue weighted by Crippen LogP contribution is 2.09. The van der Waals surface area contributed by atoms with Gasteiger partial charge in [-0.3, -0.25) is 0 Å². The van der Waals surface area contributed by atoms with Gasteiger partial charge in [0.25, 0.3) is 0 Å². The molecule has 66 valence electrons. The molecular formula is C8H17NO2. The van der Waals surface area contributed by atoms with Crippen molar-refractivity contribution in [1.82, 2.24) is 5.32 Å². The second-order valence-corrected chi connectivity index (χ2v) is 3.37. The number of β-amino-alcohol motifs (C(OH)–C–C–N with tert-alkyl or cyclic N) is 1. The lowest BCUT2D eigenvalue weighted by Gasteiger charge is -2.15. The van der Waals surface area contributed by atoms with Crippen molar-refractivity contribution in [3.05, 3.63) is 0 Å². The highest BCUT2D eigenvalue weighted by Gasteiger charge is 2.24. The van der Waals surface area contributed by atoms with Gasteiger partial charge in [0, 0.05) is 19.0 Å². The Morgan fingerprint density at radius 1 is 1.55 bits per heavy atom. The van der Waals surface area contributed by atoms with Crippen LogP contribution in [0.15, 0.2) is 0 Å². The summed E-state index contributed by atoms with van der Waals surface area (Å²) < 4.78 is 5.40. The monoisotopic (exact) mass is 159 g/mol. The standard InChI is InChI=1S/C8H17NO2/c1-6(2)11-5-7-3-9-4-8(7)10/h6-10H,3-5H2,1-2H3. The van der Waals surface area contributed by atoms with Crippen molar-refractivity contribution in [2.45, 2.75) is 26.1 Å². The lowest BCUT2D eigenvalue weighted by molar-refractivity contribution is 0.0215. The van der Waals surface area contributed by atoms with E-state index in [2.05, 4.69) is 5.32 Å². The van der Waals surface area contributed by atoms with E-state index in [4.69, 9.17) is 4.74 Å². The molecule has 0 amide bonds. The van der Waals surface area contributed by atoms with E-state index in [1.807, 2.05) is 13.8 Å². The minimum atomic E-state index is -0.214. The zero-order valence-electron chi connectivity index (χ0n) is 7.21. The fraction of sp³-hybridized carbons (Fsp3) is 1.00. The normalized spacial score (nSPS) is 31.6. The van der Waals surface area contributed by atoms with Crippen LogP contribution in [-0.2, 0) is 4.74 Å². The van der Waals surface area contributed by atoms with Crippen LogP contribution in [0, 0.1) is 5.92 Å². The fourth-order valence-electron chi connectivity index (χ4n) is 1.21. The van der Waals surface area contributed by atoms with Crippen molar-refractivity contribution in [3.63, 3.8) is 0 Å². The quantitative estimate of drug-likeness (QED) is 0.608. The molecule has 11 heavy (non-hydrogen) atoms. The summed E-state index contributed by atoms with van der Waals surface area (Å²) in [7, 11) is 0. The molecule has 2 atom stereocenters. The molecule has 3 nitrogen and oxygen atoms in total. The van der Waals surface area contributed by atoms with Gasteiger partial charge in [0.15, 0.2) is 0 Å². The van der Waals surface area contributed by atoms with Gasteiger partial charge in [0.2, 0.25) is 0 Å². The summed E-state index contributed by atoms with van der Waals surface area (Å²) in [5.74, 6) is 0.289. The van der Waals surface area contributed by atoms with Crippen LogP contribution in [0.2, 0.25) is 0 Å². The van der Waals surface area contributed by atoms with Crippen molar-refractivity contribution in [1.29, 1.82) is 0 Å². The van der Waals surface area contributed by atoms with E-state index in [1.54, 1.807) is 0 Å². The van der Waals surface area contributed by atoms with Crippen LogP contribution in [-0.4, -0.2) is 37.0 Å². The molecule has 2 unspecified atom stereocenters. The Balaban J connectivity index is 2.15. The highest BCUT2D eigenvalue weighted by atomic mass is 16.5. The molecule has 1 fully saturated rings. The largest absolute Gasteiger partial charge is 0.391 e. The van der Waals surface area contributed by atoms with Gasteiger partial charge < -0.3 is 15.2 Å². The zero-order chi connectivity index (χ0) is 8.27. The van der Waals surface area contributed by atoms with Crippen molar-refractivity contribution in [3.8, 4) is 0 Å². The topological polar surface area (TPSA) is 41.5 Å². The van der Waals surface area contributed by atoms with Gasteiger partial charge in [-0.25, -0.2) is 0 Å². The first kappa shape index (κ1) is 8.97. The van der Waals surface area contributed by atoms with Gasteiger partial charge in [-0.2, -0.15) is 0 Å². The summed E-state index contributed by atoms with van der Waals surface area (Å²) in [5, 5.41) is 12.5. The van der Waals surface area contributed by atoms with Crippen molar-refractivity contribution < 1.29 is 9.84 Å².